The Bertz CT molecular complexity index is 501. The molecule has 0 aliphatic carbocycles. The SMILES string of the molecule is COc1ccc(CC(=O)N2CCC(C(C)O)C2)cc1OC. The van der Waals surface area contributed by atoms with Crippen molar-refractivity contribution < 1.29 is 19.4 Å². The molecular weight excluding hydrogens is 270 g/mol. The molecule has 1 aliphatic heterocycles. The van der Waals surface area contributed by atoms with E-state index in [-0.39, 0.29) is 17.9 Å². The highest BCUT2D eigenvalue weighted by Crippen LogP contribution is 2.28. The van der Waals surface area contributed by atoms with Crippen LogP contribution in [0.4, 0.5) is 0 Å². The minimum Gasteiger partial charge on any atom is -0.493 e. The summed E-state index contributed by atoms with van der Waals surface area (Å²) in [5.41, 5.74) is 0.901. The molecule has 1 aliphatic rings. The van der Waals surface area contributed by atoms with E-state index >= 15 is 0 Å². The van der Waals surface area contributed by atoms with Crippen molar-refractivity contribution in [2.45, 2.75) is 25.9 Å². The Kier molecular flexibility index (Phi) is 5.07. The Morgan fingerprint density at radius 2 is 2.10 bits per heavy atom. The molecular formula is C16H23NO4. The number of carbonyl (C=O) groups is 1. The zero-order chi connectivity index (χ0) is 15.4. The molecule has 116 valence electrons. The highest BCUT2D eigenvalue weighted by molar-refractivity contribution is 5.79. The summed E-state index contributed by atoms with van der Waals surface area (Å²) < 4.78 is 10.4. The van der Waals surface area contributed by atoms with Gasteiger partial charge in [-0.2, -0.15) is 0 Å². The van der Waals surface area contributed by atoms with Gasteiger partial charge in [-0.3, -0.25) is 4.79 Å². The van der Waals surface area contributed by atoms with E-state index in [1.807, 2.05) is 23.1 Å². The third kappa shape index (κ3) is 3.67. The van der Waals surface area contributed by atoms with Crippen LogP contribution in [0.1, 0.15) is 18.9 Å². The van der Waals surface area contributed by atoms with Crippen molar-refractivity contribution in [2.75, 3.05) is 27.3 Å². The van der Waals surface area contributed by atoms with Crippen LogP contribution in [-0.4, -0.2) is 49.3 Å². The summed E-state index contributed by atoms with van der Waals surface area (Å²) in [5.74, 6) is 1.57. The summed E-state index contributed by atoms with van der Waals surface area (Å²) in [4.78, 5) is 14.1. The average Bonchev–Trinajstić information content (AvgIpc) is 2.97. The van der Waals surface area contributed by atoms with E-state index in [1.165, 1.54) is 0 Å². The maximum Gasteiger partial charge on any atom is 0.227 e. The minimum atomic E-state index is -0.358. The van der Waals surface area contributed by atoms with E-state index in [2.05, 4.69) is 0 Å². The number of methoxy groups -OCH3 is 2. The number of likely N-dealkylation sites (tertiary alicyclic amines) is 1. The van der Waals surface area contributed by atoms with Gasteiger partial charge in [0.15, 0.2) is 11.5 Å². The van der Waals surface area contributed by atoms with Gasteiger partial charge in [-0.1, -0.05) is 6.07 Å². The van der Waals surface area contributed by atoms with Gasteiger partial charge in [-0.05, 0) is 31.0 Å². The second kappa shape index (κ2) is 6.80. The summed E-state index contributed by atoms with van der Waals surface area (Å²) in [6, 6.07) is 5.52. The van der Waals surface area contributed by atoms with Gasteiger partial charge in [-0.15, -0.1) is 0 Å². The van der Waals surface area contributed by atoms with Crippen molar-refractivity contribution in [3.8, 4) is 11.5 Å². The van der Waals surface area contributed by atoms with Crippen molar-refractivity contribution >= 4 is 5.91 Å². The monoisotopic (exact) mass is 293 g/mol. The molecule has 1 saturated heterocycles. The Morgan fingerprint density at radius 3 is 2.67 bits per heavy atom. The molecule has 0 spiro atoms. The minimum absolute atomic E-state index is 0.0883. The first kappa shape index (κ1) is 15.6. The maximum atomic E-state index is 12.3. The Labute approximate surface area is 125 Å². The average molecular weight is 293 g/mol. The summed E-state index contributed by atoms with van der Waals surface area (Å²) in [7, 11) is 3.17. The number of carbonyl (C=O) groups excluding carboxylic acids is 1. The van der Waals surface area contributed by atoms with Crippen LogP contribution in [-0.2, 0) is 11.2 Å². The molecule has 0 radical (unpaired) electrons. The second-order valence-electron chi connectivity index (χ2n) is 5.50. The smallest absolute Gasteiger partial charge is 0.227 e. The lowest BCUT2D eigenvalue weighted by Crippen LogP contribution is -2.31. The van der Waals surface area contributed by atoms with Gasteiger partial charge in [0.2, 0.25) is 5.91 Å². The molecule has 2 atom stereocenters. The number of ether oxygens (including phenoxy) is 2. The van der Waals surface area contributed by atoms with Gasteiger partial charge in [0, 0.05) is 19.0 Å². The van der Waals surface area contributed by atoms with Gasteiger partial charge in [-0.25, -0.2) is 0 Å². The third-order valence-corrected chi connectivity index (χ3v) is 4.06. The number of aliphatic hydroxyl groups is 1. The van der Waals surface area contributed by atoms with Crippen LogP contribution in [0.25, 0.3) is 0 Å². The fourth-order valence-corrected chi connectivity index (χ4v) is 2.68. The van der Waals surface area contributed by atoms with Crippen LogP contribution in [0.15, 0.2) is 18.2 Å². The molecule has 1 heterocycles. The van der Waals surface area contributed by atoms with Gasteiger partial charge >= 0.3 is 0 Å². The van der Waals surface area contributed by atoms with Crippen LogP contribution in [0, 0.1) is 5.92 Å². The van der Waals surface area contributed by atoms with Gasteiger partial charge in [0.05, 0.1) is 26.7 Å². The van der Waals surface area contributed by atoms with E-state index in [0.717, 1.165) is 18.5 Å². The highest BCUT2D eigenvalue weighted by atomic mass is 16.5. The molecule has 5 nitrogen and oxygen atoms in total. The number of aliphatic hydroxyl groups excluding tert-OH is 1. The molecule has 1 aromatic rings. The van der Waals surface area contributed by atoms with Crippen LogP contribution in [0.2, 0.25) is 0 Å². The highest BCUT2D eigenvalue weighted by Gasteiger charge is 2.28. The number of amides is 1. The summed E-state index contributed by atoms with van der Waals surface area (Å²) >= 11 is 0. The maximum absolute atomic E-state index is 12.3. The van der Waals surface area contributed by atoms with E-state index in [9.17, 15) is 9.90 Å². The molecule has 0 bridgehead atoms. The third-order valence-electron chi connectivity index (χ3n) is 4.06. The van der Waals surface area contributed by atoms with E-state index < -0.39 is 0 Å². The Morgan fingerprint density at radius 1 is 1.38 bits per heavy atom. The normalized spacial score (nSPS) is 19.4. The number of hydrogen-bond acceptors (Lipinski definition) is 4. The fourth-order valence-electron chi connectivity index (χ4n) is 2.68. The number of benzene rings is 1. The van der Waals surface area contributed by atoms with Crippen molar-refractivity contribution in [1.29, 1.82) is 0 Å². The van der Waals surface area contributed by atoms with Gasteiger partial charge in [0.1, 0.15) is 0 Å². The molecule has 0 aromatic heterocycles. The molecule has 1 aromatic carbocycles. The van der Waals surface area contributed by atoms with E-state index in [1.54, 1.807) is 21.1 Å². The zero-order valence-electron chi connectivity index (χ0n) is 12.8. The fraction of sp³-hybridized carbons (Fsp3) is 0.562. The largest absolute Gasteiger partial charge is 0.493 e. The first-order valence-electron chi connectivity index (χ1n) is 7.22. The van der Waals surface area contributed by atoms with Gasteiger partial charge in [0.25, 0.3) is 0 Å². The lowest BCUT2D eigenvalue weighted by molar-refractivity contribution is -0.129. The molecule has 1 fully saturated rings. The molecule has 21 heavy (non-hydrogen) atoms. The Balaban J connectivity index is 2.00. The topological polar surface area (TPSA) is 59.0 Å². The standard InChI is InChI=1S/C16H23NO4/c1-11(18)13-6-7-17(10-13)16(19)9-12-4-5-14(20-2)15(8-12)21-3/h4-5,8,11,13,18H,6-7,9-10H2,1-3H3. The lowest BCUT2D eigenvalue weighted by atomic mass is 10.0. The summed E-state index contributed by atoms with van der Waals surface area (Å²) in [6.07, 6.45) is 0.853. The molecule has 1 N–H and O–H groups in total. The lowest BCUT2D eigenvalue weighted by Gasteiger charge is -2.18. The van der Waals surface area contributed by atoms with Crippen LogP contribution in [0.3, 0.4) is 0 Å². The summed E-state index contributed by atoms with van der Waals surface area (Å²) in [6.45, 7) is 3.15. The number of nitrogens with zero attached hydrogens (tertiary/aromatic N) is 1. The molecule has 5 heteroatoms. The van der Waals surface area contributed by atoms with Crippen molar-refractivity contribution in [2.24, 2.45) is 5.92 Å². The Hall–Kier alpha value is -1.75. The molecule has 2 unspecified atom stereocenters. The predicted molar refractivity (Wildman–Crippen MR) is 79.6 cm³/mol. The molecule has 0 saturated carbocycles. The van der Waals surface area contributed by atoms with Crippen molar-refractivity contribution in [1.82, 2.24) is 4.90 Å². The van der Waals surface area contributed by atoms with Crippen LogP contribution in [0.5, 0.6) is 11.5 Å². The molecule has 2 rings (SSSR count). The first-order chi connectivity index (χ1) is 10.0. The predicted octanol–water partition coefficient (Wildman–Crippen LogP) is 1.48. The molecule has 1 amide bonds. The van der Waals surface area contributed by atoms with E-state index in [4.69, 9.17) is 9.47 Å². The first-order valence-corrected chi connectivity index (χ1v) is 7.22. The zero-order valence-corrected chi connectivity index (χ0v) is 12.8. The van der Waals surface area contributed by atoms with Crippen molar-refractivity contribution in [3.63, 3.8) is 0 Å². The number of hydrogen-bond donors (Lipinski definition) is 1. The van der Waals surface area contributed by atoms with E-state index in [0.29, 0.717) is 24.5 Å². The van der Waals surface area contributed by atoms with Crippen LogP contribution >= 0.6 is 0 Å². The van der Waals surface area contributed by atoms with Gasteiger partial charge < -0.3 is 19.5 Å². The summed E-state index contributed by atoms with van der Waals surface area (Å²) in [5, 5.41) is 9.60. The number of rotatable bonds is 5. The second-order valence-corrected chi connectivity index (χ2v) is 5.50. The van der Waals surface area contributed by atoms with Crippen LogP contribution < -0.4 is 9.47 Å². The quantitative estimate of drug-likeness (QED) is 0.893. The van der Waals surface area contributed by atoms with Crippen molar-refractivity contribution in [3.05, 3.63) is 23.8 Å².